The molecule has 20 heavy (non-hydrogen) atoms. The lowest BCUT2D eigenvalue weighted by atomic mass is 10.1. The summed E-state index contributed by atoms with van der Waals surface area (Å²) in [6.45, 7) is 2.29. The van der Waals surface area contributed by atoms with Gasteiger partial charge in [0.05, 0.1) is 29.4 Å². The first-order valence-corrected chi connectivity index (χ1v) is 6.66. The molecule has 2 N–H and O–H groups in total. The first kappa shape index (κ1) is 14.6. The fraction of sp³-hybridized carbons (Fsp3) is 0.286. The highest BCUT2D eigenvalue weighted by Crippen LogP contribution is 2.30. The van der Waals surface area contributed by atoms with Crippen LogP contribution in [0.4, 0.5) is 5.69 Å². The van der Waals surface area contributed by atoms with Gasteiger partial charge in [-0.15, -0.1) is 0 Å². The molecule has 1 aromatic carbocycles. The first-order chi connectivity index (χ1) is 9.69. The van der Waals surface area contributed by atoms with Crippen LogP contribution in [0.1, 0.15) is 17.3 Å². The number of aromatic nitrogens is 1. The molecule has 1 heterocycles. The molecule has 0 unspecified atom stereocenters. The number of hydrogen-bond acceptors (Lipinski definition) is 5. The van der Waals surface area contributed by atoms with Crippen LogP contribution < -0.4 is 5.32 Å². The Hall–Kier alpha value is -1.85. The third-order valence-electron chi connectivity index (χ3n) is 2.76. The van der Waals surface area contributed by atoms with Crippen LogP contribution in [0.25, 0.3) is 10.9 Å². The highest BCUT2D eigenvalue weighted by molar-refractivity contribution is 6.35. The Morgan fingerprint density at radius 3 is 3.00 bits per heavy atom. The van der Waals surface area contributed by atoms with E-state index in [-0.39, 0.29) is 13.2 Å². The minimum absolute atomic E-state index is 0.0490. The number of para-hydroxylation sites is 1. The zero-order valence-electron chi connectivity index (χ0n) is 11.0. The number of nitrogens with one attached hydrogen (secondary N) is 1. The molecule has 0 fully saturated rings. The predicted molar refractivity (Wildman–Crippen MR) is 78.3 cm³/mol. The molecule has 6 heteroatoms. The Morgan fingerprint density at radius 1 is 1.50 bits per heavy atom. The van der Waals surface area contributed by atoms with Gasteiger partial charge in [-0.3, -0.25) is 4.98 Å². The number of halogens is 1. The number of carbonyl (C=O) groups excluding carboxylic acids is 1. The molecule has 0 aliphatic carbocycles. The molecular weight excluding hydrogens is 280 g/mol. The van der Waals surface area contributed by atoms with Crippen LogP contribution in [-0.4, -0.2) is 35.8 Å². The van der Waals surface area contributed by atoms with E-state index in [1.165, 1.54) is 6.20 Å². The summed E-state index contributed by atoms with van der Waals surface area (Å²) in [6, 6.07) is 5.33. The van der Waals surface area contributed by atoms with Gasteiger partial charge in [0.2, 0.25) is 0 Å². The van der Waals surface area contributed by atoms with Crippen molar-refractivity contribution in [2.75, 3.05) is 25.1 Å². The minimum atomic E-state index is -0.456. The molecule has 0 aliphatic rings. The molecule has 0 amide bonds. The second kappa shape index (κ2) is 6.54. The number of nitrogens with zero attached hydrogens (tertiary/aromatic N) is 1. The topological polar surface area (TPSA) is 71.5 Å². The van der Waals surface area contributed by atoms with Crippen molar-refractivity contribution < 1.29 is 14.6 Å². The van der Waals surface area contributed by atoms with Gasteiger partial charge in [-0.05, 0) is 13.0 Å². The largest absolute Gasteiger partial charge is 0.462 e. The van der Waals surface area contributed by atoms with E-state index in [0.29, 0.717) is 28.3 Å². The first-order valence-electron chi connectivity index (χ1n) is 6.28. The number of ether oxygens (including phenoxy) is 1. The van der Waals surface area contributed by atoms with Gasteiger partial charge in [0.25, 0.3) is 0 Å². The fourth-order valence-electron chi connectivity index (χ4n) is 1.92. The molecule has 5 nitrogen and oxygen atoms in total. The van der Waals surface area contributed by atoms with E-state index in [1.807, 2.05) is 6.07 Å². The highest BCUT2D eigenvalue weighted by Gasteiger charge is 2.17. The Balaban J connectivity index is 2.59. The van der Waals surface area contributed by atoms with Crippen molar-refractivity contribution in [3.8, 4) is 0 Å². The third-order valence-corrected chi connectivity index (χ3v) is 3.06. The molecule has 0 bridgehead atoms. The fourth-order valence-corrected chi connectivity index (χ4v) is 2.15. The van der Waals surface area contributed by atoms with E-state index in [4.69, 9.17) is 21.4 Å². The zero-order valence-corrected chi connectivity index (χ0v) is 11.8. The van der Waals surface area contributed by atoms with Crippen molar-refractivity contribution >= 4 is 34.2 Å². The predicted octanol–water partition coefficient (Wildman–Crippen LogP) is 2.47. The van der Waals surface area contributed by atoms with Gasteiger partial charge in [-0.2, -0.15) is 0 Å². The second-order valence-corrected chi connectivity index (χ2v) is 4.46. The van der Waals surface area contributed by atoms with Crippen molar-refractivity contribution in [3.63, 3.8) is 0 Å². The number of aliphatic hydroxyl groups excluding tert-OH is 1. The maximum atomic E-state index is 12.0. The summed E-state index contributed by atoms with van der Waals surface area (Å²) in [6.07, 6.45) is 1.44. The number of hydrogen-bond donors (Lipinski definition) is 2. The Morgan fingerprint density at radius 2 is 2.30 bits per heavy atom. The quantitative estimate of drug-likeness (QED) is 0.829. The maximum Gasteiger partial charge on any atom is 0.341 e. The van der Waals surface area contributed by atoms with Crippen LogP contribution in [0.3, 0.4) is 0 Å². The smallest absolute Gasteiger partial charge is 0.341 e. The third kappa shape index (κ3) is 2.84. The summed E-state index contributed by atoms with van der Waals surface area (Å²) in [5.41, 5.74) is 1.50. The van der Waals surface area contributed by atoms with Crippen molar-refractivity contribution in [2.24, 2.45) is 0 Å². The molecule has 0 saturated carbocycles. The monoisotopic (exact) mass is 294 g/mol. The molecule has 1 aromatic heterocycles. The minimum Gasteiger partial charge on any atom is -0.462 e. The van der Waals surface area contributed by atoms with Crippen LogP contribution in [0, 0.1) is 0 Å². The lowest BCUT2D eigenvalue weighted by molar-refractivity contribution is 0.0527. The number of pyridine rings is 1. The summed E-state index contributed by atoms with van der Waals surface area (Å²) >= 11 is 6.10. The number of aliphatic hydroxyl groups is 1. The lowest BCUT2D eigenvalue weighted by Crippen LogP contribution is -2.13. The van der Waals surface area contributed by atoms with Gasteiger partial charge >= 0.3 is 5.97 Å². The molecule has 0 atom stereocenters. The molecule has 0 spiro atoms. The number of anilines is 1. The Bertz CT molecular complexity index is 631. The number of carbonyl (C=O) groups is 1. The highest BCUT2D eigenvalue weighted by atomic mass is 35.5. The van der Waals surface area contributed by atoms with Gasteiger partial charge in [0.1, 0.15) is 5.56 Å². The number of rotatable bonds is 5. The van der Waals surface area contributed by atoms with Crippen LogP contribution in [0.2, 0.25) is 5.02 Å². The van der Waals surface area contributed by atoms with E-state index in [2.05, 4.69) is 10.3 Å². The average Bonchev–Trinajstić information content (AvgIpc) is 2.45. The molecule has 2 aromatic rings. The number of fused-ring (bicyclic) bond motifs is 1. The van der Waals surface area contributed by atoms with Crippen molar-refractivity contribution in [1.82, 2.24) is 4.98 Å². The van der Waals surface area contributed by atoms with Crippen molar-refractivity contribution in [2.45, 2.75) is 6.92 Å². The summed E-state index contributed by atoms with van der Waals surface area (Å²) in [7, 11) is 0. The molecular formula is C14H15ClN2O3. The van der Waals surface area contributed by atoms with Gasteiger partial charge in [0.15, 0.2) is 0 Å². The van der Waals surface area contributed by atoms with Gasteiger partial charge in [0, 0.05) is 18.1 Å². The van der Waals surface area contributed by atoms with Crippen LogP contribution in [-0.2, 0) is 4.74 Å². The molecule has 0 saturated heterocycles. The van der Waals surface area contributed by atoms with E-state index < -0.39 is 5.97 Å². The molecule has 0 aliphatic heterocycles. The SMILES string of the molecule is CCOC(=O)c1cnc2c(Cl)cccc2c1NCCO. The Labute approximate surface area is 121 Å². The van der Waals surface area contributed by atoms with Gasteiger partial charge < -0.3 is 15.2 Å². The van der Waals surface area contributed by atoms with Crippen LogP contribution in [0.15, 0.2) is 24.4 Å². The number of esters is 1. The standard InChI is InChI=1S/C14H15ClN2O3/c1-2-20-14(19)10-8-17-13-9(4-3-5-11(13)15)12(10)16-6-7-18/h3-5,8,18H,2,6-7H2,1H3,(H,16,17). The summed E-state index contributed by atoms with van der Waals surface area (Å²) in [4.78, 5) is 16.2. The summed E-state index contributed by atoms with van der Waals surface area (Å²) in [5, 5.41) is 13.2. The molecule has 2 rings (SSSR count). The summed E-state index contributed by atoms with van der Waals surface area (Å²) < 4.78 is 5.01. The summed E-state index contributed by atoms with van der Waals surface area (Å²) in [5.74, 6) is -0.456. The second-order valence-electron chi connectivity index (χ2n) is 4.05. The molecule has 106 valence electrons. The van der Waals surface area contributed by atoms with E-state index in [1.54, 1.807) is 19.1 Å². The van der Waals surface area contributed by atoms with E-state index in [9.17, 15) is 4.79 Å². The maximum absolute atomic E-state index is 12.0. The van der Waals surface area contributed by atoms with Gasteiger partial charge in [-0.1, -0.05) is 23.7 Å². The lowest BCUT2D eigenvalue weighted by Gasteiger charge is -2.13. The van der Waals surface area contributed by atoms with Crippen molar-refractivity contribution in [1.29, 1.82) is 0 Å². The Kier molecular flexibility index (Phi) is 4.76. The van der Waals surface area contributed by atoms with Crippen LogP contribution >= 0.6 is 11.6 Å². The van der Waals surface area contributed by atoms with E-state index >= 15 is 0 Å². The normalized spacial score (nSPS) is 10.6. The molecule has 0 radical (unpaired) electrons. The van der Waals surface area contributed by atoms with Crippen molar-refractivity contribution in [3.05, 3.63) is 35.0 Å². The zero-order chi connectivity index (χ0) is 14.5. The van der Waals surface area contributed by atoms with Crippen LogP contribution in [0.5, 0.6) is 0 Å². The van der Waals surface area contributed by atoms with Gasteiger partial charge in [-0.25, -0.2) is 4.79 Å². The number of benzene rings is 1. The average molecular weight is 295 g/mol. The van der Waals surface area contributed by atoms with E-state index in [0.717, 1.165) is 5.39 Å².